The number of quaternary nitrogens is 1. The maximum atomic E-state index is 12.7. The van der Waals surface area contributed by atoms with E-state index >= 15 is 0 Å². The largest absolute Gasteiger partial charge is 0.508 e. The highest BCUT2D eigenvalue weighted by atomic mass is 16.5. The second-order valence-electron chi connectivity index (χ2n) is 10.8. The Morgan fingerprint density at radius 2 is 1.70 bits per heavy atom. The van der Waals surface area contributed by atoms with Crippen molar-refractivity contribution in [2.75, 3.05) is 34.3 Å². The molecular weight excluding hydrogens is 422 g/mol. The van der Waals surface area contributed by atoms with Gasteiger partial charge < -0.3 is 19.4 Å². The molecule has 0 spiro atoms. The Balaban J connectivity index is 1.47. The molecule has 178 valence electrons. The smallest absolute Gasteiger partial charge is 0.339 e. The van der Waals surface area contributed by atoms with Crippen molar-refractivity contribution in [3.63, 3.8) is 0 Å². The molecule has 1 aromatic carbocycles. The van der Waals surface area contributed by atoms with E-state index in [0.29, 0.717) is 30.9 Å². The van der Waals surface area contributed by atoms with Crippen LogP contribution < -0.4 is 0 Å². The first-order valence-corrected chi connectivity index (χ1v) is 11.9. The summed E-state index contributed by atoms with van der Waals surface area (Å²) >= 11 is 0. The molecular formula is C26H34NO6+. The van der Waals surface area contributed by atoms with E-state index in [1.54, 1.807) is 6.08 Å². The van der Waals surface area contributed by atoms with Crippen LogP contribution in [0.15, 0.2) is 23.8 Å². The van der Waals surface area contributed by atoms with Crippen LogP contribution in [0.1, 0.15) is 71.8 Å². The summed E-state index contributed by atoms with van der Waals surface area (Å²) in [7, 11) is 6.18. The number of ketones is 1. The van der Waals surface area contributed by atoms with Crippen molar-refractivity contribution < 1.29 is 33.8 Å². The van der Waals surface area contributed by atoms with Gasteiger partial charge in [-0.05, 0) is 67.6 Å². The van der Waals surface area contributed by atoms with Crippen molar-refractivity contribution in [2.24, 2.45) is 11.8 Å². The molecule has 2 fully saturated rings. The number of Topliss-reactive ketones (excluding diaryl/α,β-unsaturated/α-hetero) is 1. The van der Waals surface area contributed by atoms with Crippen LogP contribution in [-0.2, 0) is 14.3 Å². The van der Waals surface area contributed by atoms with E-state index < -0.39 is 11.8 Å². The third kappa shape index (κ3) is 5.13. The number of esters is 1. The number of phenols is 1. The molecule has 3 aliphatic carbocycles. The van der Waals surface area contributed by atoms with E-state index in [1.165, 1.54) is 6.07 Å². The van der Waals surface area contributed by atoms with Gasteiger partial charge in [0.1, 0.15) is 24.5 Å². The molecule has 0 bridgehead atoms. The second kappa shape index (κ2) is 8.93. The third-order valence-electron chi connectivity index (χ3n) is 7.26. The lowest BCUT2D eigenvalue weighted by molar-refractivity contribution is -0.870. The van der Waals surface area contributed by atoms with Crippen LogP contribution in [-0.4, -0.2) is 66.7 Å². The van der Waals surface area contributed by atoms with Gasteiger partial charge in [-0.2, -0.15) is 0 Å². The molecule has 0 amide bonds. The summed E-state index contributed by atoms with van der Waals surface area (Å²) in [6.45, 7) is 1.18. The molecule has 0 saturated heterocycles. The van der Waals surface area contributed by atoms with Crippen LogP contribution in [0.5, 0.6) is 5.75 Å². The fraction of sp³-hybridized carbons (Fsp3) is 0.577. The van der Waals surface area contributed by atoms with Gasteiger partial charge in [0.25, 0.3) is 0 Å². The second-order valence-corrected chi connectivity index (χ2v) is 10.8. The molecule has 0 heterocycles. The van der Waals surface area contributed by atoms with E-state index in [9.17, 15) is 24.6 Å². The highest BCUT2D eigenvalue weighted by Crippen LogP contribution is 2.49. The number of likely N-dealkylation sites (N-methyl/N-ethyl adjacent to an activating group) is 1. The Labute approximate surface area is 194 Å². The minimum atomic E-state index is -1.22. The van der Waals surface area contributed by atoms with E-state index in [2.05, 4.69) is 21.1 Å². The molecule has 3 aliphatic rings. The zero-order valence-corrected chi connectivity index (χ0v) is 19.7. The highest BCUT2D eigenvalue weighted by Gasteiger charge is 2.40. The maximum absolute atomic E-state index is 12.7. The molecule has 7 nitrogen and oxygen atoms in total. The van der Waals surface area contributed by atoms with Crippen molar-refractivity contribution in [2.45, 2.75) is 50.4 Å². The van der Waals surface area contributed by atoms with Crippen molar-refractivity contribution >= 4 is 17.7 Å². The molecule has 0 radical (unpaired) electrons. The molecule has 1 atom stereocenters. The lowest BCUT2D eigenvalue weighted by Crippen LogP contribution is -2.38. The number of allylic oxidation sites excluding steroid dienone is 1. The number of carbonyl (C=O) groups excluding carboxylic acids is 2. The number of carboxylic acids is 1. The van der Waals surface area contributed by atoms with Crippen LogP contribution in [0.4, 0.5) is 0 Å². The SMILES string of the molecule is C[N+](C)(C)CCOC(=O)C1CCC(c2cc3c(cc2O)C(=O)C(C(=O)O)=CC3C2CC2)CC1. The molecule has 1 unspecified atom stereocenters. The predicted octanol–water partition coefficient (Wildman–Crippen LogP) is 3.62. The molecule has 4 rings (SSSR count). The monoisotopic (exact) mass is 456 g/mol. The number of aromatic hydroxyl groups is 1. The summed E-state index contributed by atoms with van der Waals surface area (Å²) in [6.07, 6.45) is 6.57. The van der Waals surface area contributed by atoms with Crippen LogP contribution in [0.2, 0.25) is 0 Å². The van der Waals surface area contributed by atoms with E-state index in [-0.39, 0.29) is 35.0 Å². The third-order valence-corrected chi connectivity index (χ3v) is 7.26. The summed E-state index contributed by atoms with van der Waals surface area (Å²) in [5, 5.41) is 20.2. The quantitative estimate of drug-likeness (QED) is 0.369. The fourth-order valence-electron chi connectivity index (χ4n) is 5.10. The zero-order chi connectivity index (χ0) is 23.9. The number of phenolic OH excluding ortho intramolecular Hbond substituents is 1. The average Bonchev–Trinajstić information content (AvgIpc) is 3.58. The van der Waals surface area contributed by atoms with Gasteiger partial charge in [-0.25, -0.2) is 4.79 Å². The van der Waals surface area contributed by atoms with E-state index in [1.807, 2.05) is 6.07 Å². The van der Waals surface area contributed by atoms with Gasteiger partial charge in [0.2, 0.25) is 0 Å². The van der Waals surface area contributed by atoms with Gasteiger partial charge in [-0.15, -0.1) is 0 Å². The molecule has 7 heteroatoms. The maximum Gasteiger partial charge on any atom is 0.339 e. The van der Waals surface area contributed by atoms with Gasteiger partial charge in [0.05, 0.1) is 27.1 Å². The first-order valence-electron chi connectivity index (χ1n) is 11.9. The number of aliphatic carboxylic acids is 1. The number of carboxylic acid groups (broad SMARTS) is 1. The van der Waals surface area contributed by atoms with Crippen LogP contribution in [0.3, 0.4) is 0 Å². The van der Waals surface area contributed by atoms with Gasteiger partial charge in [0, 0.05) is 11.5 Å². The van der Waals surface area contributed by atoms with Gasteiger partial charge >= 0.3 is 11.9 Å². The number of rotatable bonds is 7. The van der Waals surface area contributed by atoms with Crippen molar-refractivity contribution in [3.05, 3.63) is 40.5 Å². The Bertz CT molecular complexity index is 993. The summed E-state index contributed by atoms with van der Waals surface area (Å²) in [4.78, 5) is 36.8. The lowest BCUT2D eigenvalue weighted by atomic mass is 9.75. The van der Waals surface area contributed by atoms with Gasteiger partial charge in [0.15, 0.2) is 5.78 Å². The number of ether oxygens (including phenoxy) is 1. The van der Waals surface area contributed by atoms with Crippen LogP contribution >= 0.6 is 0 Å². The number of fused-ring (bicyclic) bond motifs is 1. The Morgan fingerprint density at radius 1 is 1.03 bits per heavy atom. The minimum absolute atomic E-state index is 0.0391. The normalized spacial score (nSPS) is 25.2. The molecule has 0 aromatic heterocycles. The van der Waals surface area contributed by atoms with Crippen molar-refractivity contribution in [3.8, 4) is 5.75 Å². The van der Waals surface area contributed by atoms with E-state index in [0.717, 1.165) is 47.8 Å². The minimum Gasteiger partial charge on any atom is -0.508 e. The topological polar surface area (TPSA) is 101 Å². The first-order chi connectivity index (χ1) is 15.5. The number of nitrogens with zero attached hydrogens (tertiary/aromatic N) is 1. The van der Waals surface area contributed by atoms with Crippen LogP contribution in [0.25, 0.3) is 0 Å². The van der Waals surface area contributed by atoms with Crippen LogP contribution in [0, 0.1) is 11.8 Å². The van der Waals surface area contributed by atoms with Crippen molar-refractivity contribution in [1.82, 2.24) is 0 Å². The van der Waals surface area contributed by atoms with Gasteiger partial charge in [-0.3, -0.25) is 9.59 Å². The zero-order valence-electron chi connectivity index (χ0n) is 19.7. The number of hydrogen-bond acceptors (Lipinski definition) is 5. The first kappa shape index (κ1) is 23.5. The Morgan fingerprint density at radius 3 is 2.27 bits per heavy atom. The number of carbonyl (C=O) groups is 3. The van der Waals surface area contributed by atoms with Crippen molar-refractivity contribution in [1.29, 1.82) is 0 Å². The highest BCUT2D eigenvalue weighted by molar-refractivity contribution is 6.25. The molecule has 2 N–H and O–H groups in total. The summed E-state index contributed by atoms with van der Waals surface area (Å²) < 4.78 is 6.23. The summed E-state index contributed by atoms with van der Waals surface area (Å²) in [5.74, 6) is -1.61. The number of hydrogen-bond donors (Lipinski definition) is 2. The number of benzene rings is 1. The standard InChI is InChI=1S/C26H33NO6/c1-27(2,3)10-11-33-26(32)17-8-6-16(7-9-17)19-13-20-18(15-4-5-15)12-22(25(30)31)24(29)21(20)14-23(19)28/h12-18H,4-11H2,1-3H3,(H-,28,30,31)/p+1. The predicted molar refractivity (Wildman–Crippen MR) is 122 cm³/mol. The Hall–Kier alpha value is -2.67. The molecule has 2 saturated carbocycles. The molecule has 33 heavy (non-hydrogen) atoms. The average molecular weight is 457 g/mol. The van der Waals surface area contributed by atoms with Gasteiger partial charge in [-0.1, -0.05) is 12.1 Å². The fourth-order valence-corrected chi connectivity index (χ4v) is 5.10. The molecule has 1 aromatic rings. The summed E-state index contributed by atoms with van der Waals surface area (Å²) in [6, 6.07) is 3.38. The van der Waals surface area contributed by atoms with E-state index in [4.69, 9.17) is 4.74 Å². The summed E-state index contributed by atoms with van der Waals surface area (Å²) in [5.41, 5.74) is 1.75. The Kier molecular flexibility index (Phi) is 6.36. The lowest BCUT2D eigenvalue weighted by Gasteiger charge is -2.30. The molecule has 0 aliphatic heterocycles.